The molecule has 0 bridgehead atoms. The van der Waals surface area contributed by atoms with E-state index in [-0.39, 0.29) is 0 Å². The normalized spacial score (nSPS) is 19.4. The van der Waals surface area contributed by atoms with Crippen molar-refractivity contribution in [2.24, 2.45) is 10.9 Å². The summed E-state index contributed by atoms with van der Waals surface area (Å²) in [6.45, 7) is 1.80. The Morgan fingerprint density at radius 1 is 1.13 bits per heavy atom. The van der Waals surface area contributed by atoms with Crippen molar-refractivity contribution in [3.8, 4) is 5.75 Å². The first kappa shape index (κ1) is 16.2. The van der Waals surface area contributed by atoms with Gasteiger partial charge >= 0.3 is 0 Å². The third-order valence-electron chi connectivity index (χ3n) is 4.69. The molecule has 2 aliphatic carbocycles. The van der Waals surface area contributed by atoms with Gasteiger partial charge in [0.25, 0.3) is 0 Å². The second kappa shape index (κ2) is 8.23. The van der Waals surface area contributed by atoms with Crippen LogP contribution in [0, 0.1) is 5.92 Å². The van der Waals surface area contributed by atoms with E-state index in [2.05, 4.69) is 39.9 Å². The second-order valence-corrected chi connectivity index (χ2v) is 6.78. The van der Waals surface area contributed by atoms with Crippen molar-refractivity contribution < 1.29 is 4.74 Å². The lowest BCUT2D eigenvalue weighted by molar-refractivity contribution is 0.155. The molecular weight excluding hydrogens is 286 g/mol. The van der Waals surface area contributed by atoms with Gasteiger partial charge in [0, 0.05) is 20.1 Å². The molecule has 2 aliphatic rings. The lowest BCUT2D eigenvalue weighted by Gasteiger charge is -2.23. The highest BCUT2D eigenvalue weighted by Crippen LogP contribution is 2.27. The van der Waals surface area contributed by atoms with Crippen molar-refractivity contribution in [1.82, 2.24) is 10.6 Å². The van der Waals surface area contributed by atoms with Crippen LogP contribution in [0.25, 0.3) is 0 Å². The standard InChI is InChI=1S/C19H29N3O/c1-20-19(21-13-15-10-11-15)22-14-16-6-5-9-18(12-16)23-17-7-3-2-4-8-17/h5-6,9,12,15,17H,2-4,7-8,10-11,13-14H2,1H3,(H2,20,21,22). The first-order chi connectivity index (χ1) is 11.3. The van der Waals surface area contributed by atoms with Crippen molar-refractivity contribution in [3.05, 3.63) is 29.8 Å². The van der Waals surface area contributed by atoms with Crippen LogP contribution in [0.1, 0.15) is 50.5 Å². The Labute approximate surface area is 139 Å². The van der Waals surface area contributed by atoms with Crippen LogP contribution in [0.5, 0.6) is 5.75 Å². The van der Waals surface area contributed by atoms with Crippen LogP contribution < -0.4 is 15.4 Å². The quantitative estimate of drug-likeness (QED) is 0.624. The van der Waals surface area contributed by atoms with E-state index in [9.17, 15) is 0 Å². The summed E-state index contributed by atoms with van der Waals surface area (Å²) >= 11 is 0. The van der Waals surface area contributed by atoms with Gasteiger partial charge in [0.1, 0.15) is 5.75 Å². The predicted octanol–water partition coefficient (Wildman–Crippen LogP) is 3.47. The van der Waals surface area contributed by atoms with Gasteiger partial charge in [0.05, 0.1) is 6.10 Å². The van der Waals surface area contributed by atoms with Crippen molar-refractivity contribution in [2.75, 3.05) is 13.6 Å². The fourth-order valence-corrected chi connectivity index (χ4v) is 3.07. The molecule has 0 aliphatic heterocycles. The van der Waals surface area contributed by atoms with E-state index < -0.39 is 0 Å². The molecule has 0 heterocycles. The predicted molar refractivity (Wildman–Crippen MR) is 94.9 cm³/mol. The Hall–Kier alpha value is -1.71. The van der Waals surface area contributed by atoms with E-state index >= 15 is 0 Å². The van der Waals surface area contributed by atoms with E-state index in [0.29, 0.717) is 6.10 Å². The topological polar surface area (TPSA) is 45.7 Å². The van der Waals surface area contributed by atoms with Crippen LogP contribution in [0.4, 0.5) is 0 Å². The molecule has 1 aromatic carbocycles. The first-order valence-corrected chi connectivity index (χ1v) is 9.03. The maximum Gasteiger partial charge on any atom is 0.191 e. The fourth-order valence-electron chi connectivity index (χ4n) is 3.07. The van der Waals surface area contributed by atoms with E-state index in [0.717, 1.165) is 30.7 Å². The molecule has 0 unspecified atom stereocenters. The van der Waals surface area contributed by atoms with E-state index in [4.69, 9.17) is 4.74 Å². The highest BCUT2D eigenvalue weighted by Gasteiger charge is 2.21. The molecule has 2 fully saturated rings. The van der Waals surface area contributed by atoms with Gasteiger partial charge in [-0.25, -0.2) is 0 Å². The highest BCUT2D eigenvalue weighted by molar-refractivity contribution is 5.79. The monoisotopic (exact) mass is 315 g/mol. The Balaban J connectivity index is 1.47. The van der Waals surface area contributed by atoms with Gasteiger partial charge in [0.2, 0.25) is 0 Å². The maximum absolute atomic E-state index is 6.14. The molecule has 2 N–H and O–H groups in total. The number of hydrogen-bond acceptors (Lipinski definition) is 2. The molecule has 2 saturated carbocycles. The number of guanidine groups is 1. The minimum Gasteiger partial charge on any atom is -0.490 e. The molecule has 0 spiro atoms. The summed E-state index contributed by atoms with van der Waals surface area (Å²) in [7, 11) is 1.82. The largest absolute Gasteiger partial charge is 0.490 e. The maximum atomic E-state index is 6.14. The van der Waals surface area contributed by atoms with Gasteiger partial charge in [-0.1, -0.05) is 18.6 Å². The molecule has 4 heteroatoms. The fraction of sp³-hybridized carbons (Fsp3) is 0.632. The summed E-state index contributed by atoms with van der Waals surface area (Å²) in [5, 5.41) is 6.77. The lowest BCUT2D eigenvalue weighted by atomic mass is 9.98. The van der Waals surface area contributed by atoms with Gasteiger partial charge in [-0.3, -0.25) is 4.99 Å². The Kier molecular flexibility index (Phi) is 5.78. The molecule has 1 aromatic rings. The Morgan fingerprint density at radius 3 is 2.70 bits per heavy atom. The van der Waals surface area contributed by atoms with Crippen LogP contribution in [0.2, 0.25) is 0 Å². The number of benzene rings is 1. The van der Waals surface area contributed by atoms with Gasteiger partial charge in [-0.2, -0.15) is 0 Å². The third kappa shape index (κ3) is 5.45. The van der Waals surface area contributed by atoms with Crippen molar-refractivity contribution >= 4 is 5.96 Å². The number of nitrogens with zero attached hydrogens (tertiary/aromatic N) is 1. The van der Waals surface area contributed by atoms with Crippen molar-refractivity contribution in [2.45, 2.75) is 57.6 Å². The van der Waals surface area contributed by atoms with Crippen LogP contribution in [0.15, 0.2) is 29.3 Å². The SMILES string of the molecule is CN=C(NCc1cccc(OC2CCCCC2)c1)NCC1CC1. The molecule has 4 nitrogen and oxygen atoms in total. The Morgan fingerprint density at radius 2 is 1.96 bits per heavy atom. The number of ether oxygens (including phenoxy) is 1. The summed E-state index contributed by atoms with van der Waals surface area (Å²) in [6.07, 6.45) is 9.45. The molecule has 23 heavy (non-hydrogen) atoms. The van der Waals surface area contributed by atoms with Crippen LogP contribution in [-0.2, 0) is 6.54 Å². The number of aliphatic imine (C=N–C) groups is 1. The van der Waals surface area contributed by atoms with E-state index in [1.165, 1.54) is 50.5 Å². The smallest absolute Gasteiger partial charge is 0.191 e. The molecule has 3 rings (SSSR count). The van der Waals surface area contributed by atoms with E-state index in [1.54, 1.807) is 0 Å². The van der Waals surface area contributed by atoms with Crippen LogP contribution >= 0.6 is 0 Å². The number of rotatable bonds is 6. The molecule has 0 atom stereocenters. The number of hydrogen-bond donors (Lipinski definition) is 2. The molecule has 0 radical (unpaired) electrons. The number of nitrogens with one attached hydrogen (secondary N) is 2. The minimum atomic E-state index is 0.403. The molecule has 126 valence electrons. The summed E-state index contributed by atoms with van der Waals surface area (Å²) in [4.78, 5) is 4.28. The van der Waals surface area contributed by atoms with Crippen LogP contribution in [-0.4, -0.2) is 25.7 Å². The zero-order valence-corrected chi connectivity index (χ0v) is 14.2. The van der Waals surface area contributed by atoms with E-state index in [1.807, 2.05) is 7.05 Å². The lowest BCUT2D eigenvalue weighted by Crippen LogP contribution is -2.37. The second-order valence-electron chi connectivity index (χ2n) is 6.78. The summed E-state index contributed by atoms with van der Waals surface area (Å²) < 4.78 is 6.14. The first-order valence-electron chi connectivity index (χ1n) is 9.03. The zero-order chi connectivity index (χ0) is 15.9. The summed E-state index contributed by atoms with van der Waals surface area (Å²) in [6, 6.07) is 8.43. The molecule has 0 amide bonds. The van der Waals surface area contributed by atoms with Gasteiger partial charge in [-0.15, -0.1) is 0 Å². The zero-order valence-electron chi connectivity index (χ0n) is 14.2. The Bertz CT molecular complexity index is 519. The van der Waals surface area contributed by atoms with Gasteiger partial charge < -0.3 is 15.4 Å². The summed E-state index contributed by atoms with van der Waals surface area (Å²) in [5.41, 5.74) is 1.23. The molecule has 0 aromatic heterocycles. The van der Waals surface area contributed by atoms with Crippen LogP contribution in [0.3, 0.4) is 0 Å². The molecule has 0 saturated heterocycles. The minimum absolute atomic E-state index is 0.403. The molecular formula is C19H29N3O. The summed E-state index contributed by atoms with van der Waals surface area (Å²) in [5.74, 6) is 2.73. The highest BCUT2D eigenvalue weighted by atomic mass is 16.5. The third-order valence-corrected chi connectivity index (χ3v) is 4.69. The van der Waals surface area contributed by atoms with Crippen molar-refractivity contribution in [3.63, 3.8) is 0 Å². The average Bonchev–Trinajstić information content (AvgIpc) is 3.41. The van der Waals surface area contributed by atoms with Gasteiger partial charge in [0.15, 0.2) is 5.96 Å². The average molecular weight is 315 g/mol. The van der Waals surface area contributed by atoms with Crippen molar-refractivity contribution in [1.29, 1.82) is 0 Å². The van der Waals surface area contributed by atoms with Gasteiger partial charge in [-0.05, 0) is 62.1 Å².